The predicted octanol–water partition coefficient (Wildman–Crippen LogP) is 3.82. The number of nitrogens with zero attached hydrogens (tertiary/aromatic N) is 2. The fourth-order valence-corrected chi connectivity index (χ4v) is 3.18. The van der Waals surface area contributed by atoms with Crippen LogP contribution in [0.3, 0.4) is 0 Å². The van der Waals surface area contributed by atoms with Gasteiger partial charge in [-0.2, -0.15) is 4.98 Å². The second-order valence-electron chi connectivity index (χ2n) is 4.44. The minimum atomic E-state index is -0.360. The van der Waals surface area contributed by atoms with Crippen LogP contribution in [0.15, 0.2) is 20.4 Å². The molecule has 1 fully saturated rings. The fraction of sp³-hybridized carbons (Fsp3) is 0.333. The Morgan fingerprint density at radius 3 is 2.74 bits per heavy atom. The van der Waals surface area contributed by atoms with Crippen molar-refractivity contribution >= 4 is 51.8 Å². The highest BCUT2D eigenvalue weighted by Gasteiger charge is 2.38. The summed E-state index contributed by atoms with van der Waals surface area (Å²) >= 11 is 5.07. The molecule has 3 rings (SSSR count). The van der Waals surface area contributed by atoms with Gasteiger partial charge in [-0.15, -0.1) is 23.7 Å². The van der Waals surface area contributed by atoms with Gasteiger partial charge in [0.05, 0.1) is 9.33 Å². The van der Waals surface area contributed by atoms with E-state index in [0.717, 1.165) is 27.9 Å². The lowest BCUT2D eigenvalue weighted by Crippen LogP contribution is -2.44. The van der Waals surface area contributed by atoms with Gasteiger partial charge in [0.2, 0.25) is 0 Å². The van der Waals surface area contributed by atoms with Gasteiger partial charge >= 0.3 is 0 Å². The molecule has 0 radical (unpaired) electrons. The van der Waals surface area contributed by atoms with Crippen molar-refractivity contribution < 1.29 is 4.52 Å². The van der Waals surface area contributed by atoms with E-state index in [4.69, 9.17) is 10.3 Å². The van der Waals surface area contributed by atoms with Crippen LogP contribution in [0, 0.1) is 0 Å². The quantitative estimate of drug-likeness (QED) is 0.901. The summed E-state index contributed by atoms with van der Waals surface area (Å²) in [4.78, 5) is 5.46. The molecule has 0 aliphatic heterocycles. The Balaban J connectivity index is 0.00000133. The Morgan fingerprint density at radius 2 is 2.16 bits per heavy atom. The molecule has 7 heteroatoms. The predicted molar refractivity (Wildman–Crippen MR) is 82.2 cm³/mol. The highest BCUT2D eigenvalue weighted by molar-refractivity contribution is 9.11. The van der Waals surface area contributed by atoms with Crippen molar-refractivity contribution in [3.05, 3.63) is 32.5 Å². The first kappa shape index (κ1) is 14.7. The van der Waals surface area contributed by atoms with Crippen LogP contribution in [-0.2, 0) is 5.54 Å². The van der Waals surface area contributed by atoms with E-state index in [0.29, 0.717) is 11.7 Å². The Bertz CT molecular complexity index is 591. The lowest BCUT2D eigenvalue weighted by molar-refractivity contribution is 0.229. The summed E-state index contributed by atoms with van der Waals surface area (Å²) in [5.74, 6) is 1.13. The molecule has 19 heavy (non-hydrogen) atoms. The molecule has 4 nitrogen and oxygen atoms in total. The number of rotatable bonds is 3. The SMILES string of the molecule is Cl.NC1(c2noc(/C=C/c3ccc(Br)s3)n2)CCC1. The van der Waals surface area contributed by atoms with Crippen molar-refractivity contribution in [1.29, 1.82) is 0 Å². The second-order valence-corrected chi connectivity index (χ2v) is 6.94. The number of hydrogen-bond acceptors (Lipinski definition) is 5. The first-order chi connectivity index (χ1) is 8.66. The van der Waals surface area contributed by atoms with Crippen molar-refractivity contribution in [2.75, 3.05) is 0 Å². The molecule has 0 bridgehead atoms. The Labute approximate surface area is 129 Å². The summed E-state index contributed by atoms with van der Waals surface area (Å²) in [6.45, 7) is 0. The maximum absolute atomic E-state index is 6.13. The van der Waals surface area contributed by atoms with E-state index < -0.39 is 0 Å². The van der Waals surface area contributed by atoms with Gasteiger partial charge in [0.15, 0.2) is 5.82 Å². The Morgan fingerprint density at radius 1 is 1.37 bits per heavy atom. The maximum Gasteiger partial charge on any atom is 0.250 e. The van der Waals surface area contributed by atoms with Crippen LogP contribution in [-0.4, -0.2) is 10.1 Å². The molecule has 0 unspecified atom stereocenters. The van der Waals surface area contributed by atoms with Crippen LogP contribution in [0.2, 0.25) is 0 Å². The van der Waals surface area contributed by atoms with Crippen molar-refractivity contribution in [3.8, 4) is 0 Å². The van der Waals surface area contributed by atoms with Gasteiger partial charge in [0, 0.05) is 11.0 Å². The monoisotopic (exact) mass is 361 g/mol. The zero-order valence-corrected chi connectivity index (χ0v) is 13.2. The topological polar surface area (TPSA) is 64.9 Å². The van der Waals surface area contributed by atoms with E-state index in [1.165, 1.54) is 0 Å². The summed E-state index contributed by atoms with van der Waals surface area (Å²) in [6, 6.07) is 4.03. The van der Waals surface area contributed by atoms with Gasteiger partial charge in [-0.3, -0.25) is 0 Å². The van der Waals surface area contributed by atoms with Crippen LogP contribution in [0.5, 0.6) is 0 Å². The minimum Gasteiger partial charge on any atom is -0.335 e. The number of nitrogens with two attached hydrogens (primary N) is 1. The van der Waals surface area contributed by atoms with E-state index in [2.05, 4.69) is 26.1 Å². The summed E-state index contributed by atoms with van der Waals surface area (Å²) < 4.78 is 6.28. The molecule has 1 aliphatic rings. The molecule has 0 aromatic carbocycles. The van der Waals surface area contributed by atoms with Crippen molar-refractivity contribution in [1.82, 2.24) is 10.1 Å². The average Bonchev–Trinajstić information content (AvgIpc) is 2.92. The molecule has 102 valence electrons. The van der Waals surface area contributed by atoms with Crippen LogP contribution < -0.4 is 5.73 Å². The average molecular weight is 363 g/mol. The third-order valence-corrected chi connectivity index (χ3v) is 4.71. The van der Waals surface area contributed by atoms with Crippen LogP contribution in [0.4, 0.5) is 0 Å². The van der Waals surface area contributed by atoms with E-state index >= 15 is 0 Å². The molecule has 2 N–H and O–H groups in total. The van der Waals surface area contributed by atoms with Gasteiger partial charge in [0.25, 0.3) is 5.89 Å². The molecule has 1 aliphatic carbocycles. The molecule has 0 amide bonds. The first-order valence-electron chi connectivity index (χ1n) is 5.72. The Hall–Kier alpha value is -0.690. The molecule has 1 saturated carbocycles. The second kappa shape index (κ2) is 5.75. The molecule has 0 atom stereocenters. The molecule has 2 heterocycles. The maximum atomic E-state index is 6.13. The third kappa shape index (κ3) is 3.08. The fourth-order valence-electron chi connectivity index (χ4n) is 1.86. The summed E-state index contributed by atoms with van der Waals surface area (Å²) in [5.41, 5.74) is 5.78. The van der Waals surface area contributed by atoms with Gasteiger partial charge in [-0.1, -0.05) is 5.16 Å². The number of thiophene rings is 1. The van der Waals surface area contributed by atoms with Crippen LogP contribution in [0.1, 0.15) is 35.9 Å². The minimum absolute atomic E-state index is 0. The number of halogens is 2. The van der Waals surface area contributed by atoms with Crippen molar-refractivity contribution in [2.45, 2.75) is 24.8 Å². The number of aromatic nitrogens is 2. The molecule has 2 aromatic heterocycles. The highest BCUT2D eigenvalue weighted by Crippen LogP contribution is 2.36. The zero-order valence-electron chi connectivity index (χ0n) is 10.0. The van der Waals surface area contributed by atoms with E-state index in [1.807, 2.05) is 24.3 Å². The normalized spacial score (nSPS) is 17.2. The first-order valence-corrected chi connectivity index (χ1v) is 7.33. The lowest BCUT2D eigenvalue weighted by atomic mass is 9.77. The summed E-state index contributed by atoms with van der Waals surface area (Å²) in [5, 5.41) is 3.96. The van der Waals surface area contributed by atoms with Crippen molar-refractivity contribution in [2.24, 2.45) is 5.73 Å². The Kier molecular flexibility index (Phi) is 4.45. The summed E-state index contributed by atoms with van der Waals surface area (Å²) in [6.07, 6.45) is 6.79. The number of hydrogen-bond donors (Lipinski definition) is 1. The highest BCUT2D eigenvalue weighted by atomic mass is 79.9. The largest absolute Gasteiger partial charge is 0.335 e. The molecule has 0 spiro atoms. The molecular weight excluding hydrogens is 350 g/mol. The molecular formula is C12H13BrClN3OS. The molecule has 2 aromatic rings. The summed E-state index contributed by atoms with van der Waals surface area (Å²) in [7, 11) is 0. The van der Waals surface area contributed by atoms with Crippen LogP contribution >= 0.6 is 39.7 Å². The van der Waals surface area contributed by atoms with E-state index in [1.54, 1.807) is 11.3 Å². The van der Waals surface area contributed by atoms with Gasteiger partial charge in [-0.05, 0) is 53.4 Å². The van der Waals surface area contributed by atoms with Gasteiger partial charge in [0.1, 0.15) is 0 Å². The van der Waals surface area contributed by atoms with Gasteiger partial charge < -0.3 is 10.3 Å². The lowest BCUT2D eigenvalue weighted by Gasteiger charge is -2.34. The zero-order chi connectivity index (χ0) is 12.6. The van der Waals surface area contributed by atoms with E-state index in [-0.39, 0.29) is 17.9 Å². The standard InChI is InChI=1S/C12H12BrN3OS.ClH/c13-9-4-2-8(18-9)3-5-10-15-11(16-17-10)12(14)6-1-7-12;/h2-5H,1,6-7,14H2;1H/b5-3+;. The van der Waals surface area contributed by atoms with Crippen molar-refractivity contribution in [3.63, 3.8) is 0 Å². The smallest absolute Gasteiger partial charge is 0.250 e. The van der Waals surface area contributed by atoms with Gasteiger partial charge in [-0.25, -0.2) is 0 Å². The third-order valence-electron chi connectivity index (χ3n) is 3.12. The molecule has 0 saturated heterocycles. The van der Waals surface area contributed by atoms with Crippen LogP contribution in [0.25, 0.3) is 12.2 Å². The van der Waals surface area contributed by atoms with E-state index in [9.17, 15) is 0 Å².